The molecule has 0 aromatic rings. The SMILES string of the molecule is C#CCCCN1CC(=O)N2CCCCC2C1=O. The van der Waals surface area contributed by atoms with Crippen LogP contribution in [0.2, 0.25) is 0 Å². The molecule has 2 rings (SSSR count). The number of terminal acetylenes is 1. The number of carbonyl (C=O) groups excluding carboxylic acids is 2. The molecule has 0 bridgehead atoms. The lowest BCUT2D eigenvalue weighted by molar-refractivity contribution is -0.157. The van der Waals surface area contributed by atoms with E-state index in [-0.39, 0.29) is 24.4 Å². The zero-order valence-corrected chi connectivity index (χ0v) is 10.0. The maximum atomic E-state index is 12.2. The molecule has 2 aliphatic heterocycles. The summed E-state index contributed by atoms with van der Waals surface area (Å²) in [6, 6.07) is -0.198. The predicted molar refractivity (Wildman–Crippen MR) is 64.0 cm³/mol. The number of carbonyl (C=O) groups is 2. The van der Waals surface area contributed by atoms with E-state index in [2.05, 4.69) is 5.92 Å². The normalized spacial score (nSPS) is 24.5. The van der Waals surface area contributed by atoms with Crippen molar-refractivity contribution in [1.29, 1.82) is 0 Å². The van der Waals surface area contributed by atoms with Gasteiger partial charge in [-0.05, 0) is 25.7 Å². The van der Waals surface area contributed by atoms with E-state index in [1.165, 1.54) is 0 Å². The molecule has 0 N–H and O–H groups in total. The van der Waals surface area contributed by atoms with Gasteiger partial charge in [-0.3, -0.25) is 9.59 Å². The van der Waals surface area contributed by atoms with Gasteiger partial charge in [0, 0.05) is 19.5 Å². The minimum atomic E-state index is -0.198. The summed E-state index contributed by atoms with van der Waals surface area (Å²) in [5.41, 5.74) is 0. The first-order valence-corrected chi connectivity index (χ1v) is 6.26. The highest BCUT2D eigenvalue weighted by Gasteiger charge is 2.39. The zero-order chi connectivity index (χ0) is 12.3. The molecule has 92 valence electrons. The number of unbranched alkanes of at least 4 members (excludes halogenated alkanes) is 1. The van der Waals surface area contributed by atoms with Crippen LogP contribution in [0.4, 0.5) is 0 Å². The number of rotatable bonds is 3. The van der Waals surface area contributed by atoms with Gasteiger partial charge in [0.1, 0.15) is 6.04 Å². The Bertz CT molecular complexity index is 359. The van der Waals surface area contributed by atoms with Gasteiger partial charge in [0.25, 0.3) is 0 Å². The number of fused-ring (bicyclic) bond motifs is 1. The lowest BCUT2D eigenvalue weighted by Crippen LogP contribution is -2.61. The Morgan fingerprint density at radius 2 is 2.18 bits per heavy atom. The van der Waals surface area contributed by atoms with E-state index >= 15 is 0 Å². The minimum Gasteiger partial charge on any atom is -0.332 e. The van der Waals surface area contributed by atoms with Gasteiger partial charge in [0.05, 0.1) is 6.54 Å². The second kappa shape index (κ2) is 5.22. The Labute approximate surface area is 102 Å². The van der Waals surface area contributed by atoms with Crippen molar-refractivity contribution in [2.24, 2.45) is 0 Å². The monoisotopic (exact) mass is 234 g/mol. The van der Waals surface area contributed by atoms with Crippen LogP contribution in [-0.2, 0) is 9.59 Å². The Morgan fingerprint density at radius 3 is 2.94 bits per heavy atom. The van der Waals surface area contributed by atoms with Crippen LogP contribution < -0.4 is 0 Å². The van der Waals surface area contributed by atoms with Crippen molar-refractivity contribution in [1.82, 2.24) is 9.80 Å². The molecule has 0 aromatic carbocycles. The largest absolute Gasteiger partial charge is 0.332 e. The zero-order valence-electron chi connectivity index (χ0n) is 10.0. The van der Waals surface area contributed by atoms with Gasteiger partial charge in [-0.1, -0.05) is 0 Å². The third-order valence-corrected chi connectivity index (χ3v) is 3.50. The molecule has 0 saturated carbocycles. The summed E-state index contributed by atoms with van der Waals surface area (Å²) >= 11 is 0. The van der Waals surface area contributed by atoms with Gasteiger partial charge >= 0.3 is 0 Å². The number of hydrogen-bond acceptors (Lipinski definition) is 2. The second-order valence-corrected chi connectivity index (χ2v) is 4.67. The Balaban J connectivity index is 1.99. The van der Waals surface area contributed by atoms with Gasteiger partial charge in [0.2, 0.25) is 11.8 Å². The maximum Gasteiger partial charge on any atom is 0.245 e. The van der Waals surface area contributed by atoms with Crippen LogP contribution >= 0.6 is 0 Å². The standard InChI is InChI=1S/C13H18N2O2/c1-2-3-5-8-14-10-12(16)15-9-6-4-7-11(15)13(14)17/h1,11H,3-10H2. The Hall–Kier alpha value is -1.50. The molecular formula is C13H18N2O2. The summed E-state index contributed by atoms with van der Waals surface area (Å²) in [5.74, 6) is 2.76. The highest BCUT2D eigenvalue weighted by molar-refractivity contribution is 5.95. The topological polar surface area (TPSA) is 40.6 Å². The van der Waals surface area contributed by atoms with Crippen LogP contribution in [0.25, 0.3) is 0 Å². The Morgan fingerprint density at radius 1 is 1.35 bits per heavy atom. The van der Waals surface area contributed by atoms with Crippen LogP contribution in [0.15, 0.2) is 0 Å². The van der Waals surface area contributed by atoms with Crippen LogP contribution in [0.3, 0.4) is 0 Å². The molecular weight excluding hydrogens is 216 g/mol. The molecule has 4 heteroatoms. The number of hydrogen-bond donors (Lipinski definition) is 0. The first-order valence-electron chi connectivity index (χ1n) is 6.26. The molecule has 2 amide bonds. The number of piperidine rings is 1. The molecule has 0 aromatic heterocycles. The molecule has 1 atom stereocenters. The van der Waals surface area contributed by atoms with Crippen LogP contribution in [0, 0.1) is 12.3 Å². The van der Waals surface area contributed by atoms with Gasteiger partial charge in [0.15, 0.2) is 0 Å². The Kier molecular flexibility index (Phi) is 3.68. The molecule has 0 spiro atoms. The van der Waals surface area contributed by atoms with Gasteiger partial charge in [-0.15, -0.1) is 12.3 Å². The van der Waals surface area contributed by atoms with Crippen molar-refractivity contribution < 1.29 is 9.59 Å². The third-order valence-electron chi connectivity index (χ3n) is 3.50. The molecule has 4 nitrogen and oxygen atoms in total. The average molecular weight is 234 g/mol. The first-order chi connectivity index (χ1) is 8.24. The molecule has 2 saturated heterocycles. The number of piperazine rings is 1. The van der Waals surface area contributed by atoms with Crippen molar-refractivity contribution in [2.45, 2.75) is 38.1 Å². The van der Waals surface area contributed by atoms with E-state index in [0.717, 1.165) is 32.2 Å². The van der Waals surface area contributed by atoms with E-state index < -0.39 is 0 Å². The number of nitrogens with zero attached hydrogens (tertiary/aromatic N) is 2. The lowest BCUT2D eigenvalue weighted by Gasteiger charge is -2.42. The molecule has 2 fully saturated rings. The summed E-state index contributed by atoms with van der Waals surface area (Å²) < 4.78 is 0. The fraction of sp³-hybridized carbons (Fsp3) is 0.692. The third kappa shape index (κ3) is 2.44. The van der Waals surface area contributed by atoms with Crippen molar-refractivity contribution in [3.63, 3.8) is 0 Å². The predicted octanol–water partition coefficient (Wildman–Crippen LogP) is 0.623. The molecule has 0 radical (unpaired) electrons. The molecule has 1 unspecified atom stereocenters. The van der Waals surface area contributed by atoms with Crippen molar-refractivity contribution in [2.75, 3.05) is 19.6 Å². The van der Waals surface area contributed by atoms with E-state index in [1.807, 2.05) is 0 Å². The van der Waals surface area contributed by atoms with Crippen molar-refractivity contribution >= 4 is 11.8 Å². The fourth-order valence-electron chi connectivity index (χ4n) is 2.59. The molecule has 2 heterocycles. The molecule has 17 heavy (non-hydrogen) atoms. The highest BCUT2D eigenvalue weighted by atomic mass is 16.2. The quantitative estimate of drug-likeness (QED) is 0.530. The van der Waals surface area contributed by atoms with Gasteiger partial charge in [-0.25, -0.2) is 0 Å². The van der Waals surface area contributed by atoms with Crippen LogP contribution in [0.1, 0.15) is 32.1 Å². The molecule has 2 aliphatic rings. The smallest absolute Gasteiger partial charge is 0.245 e. The summed E-state index contributed by atoms with van der Waals surface area (Å²) in [6.45, 7) is 1.59. The lowest BCUT2D eigenvalue weighted by atomic mass is 9.98. The summed E-state index contributed by atoms with van der Waals surface area (Å²) in [5, 5.41) is 0. The van der Waals surface area contributed by atoms with Crippen molar-refractivity contribution in [3.8, 4) is 12.3 Å². The minimum absolute atomic E-state index is 0.0926. The second-order valence-electron chi connectivity index (χ2n) is 4.67. The summed E-state index contributed by atoms with van der Waals surface area (Å²) in [4.78, 5) is 27.5. The van der Waals surface area contributed by atoms with E-state index in [9.17, 15) is 9.59 Å². The summed E-state index contributed by atoms with van der Waals surface area (Å²) in [7, 11) is 0. The average Bonchev–Trinajstić information content (AvgIpc) is 2.36. The van der Waals surface area contributed by atoms with Crippen molar-refractivity contribution in [3.05, 3.63) is 0 Å². The summed E-state index contributed by atoms with van der Waals surface area (Å²) in [6.07, 6.45) is 9.50. The first kappa shape index (κ1) is 12.0. The van der Waals surface area contributed by atoms with Gasteiger partial charge in [-0.2, -0.15) is 0 Å². The highest BCUT2D eigenvalue weighted by Crippen LogP contribution is 2.23. The van der Waals surface area contributed by atoms with E-state index in [1.54, 1.807) is 9.80 Å². The number of amides is 2. The maximum absolute atomic E-state index is 12.2. The van der Waals surface area contributed by atoms with Gasteiger partial charge < -0.3 is 9.80 Å². The van der Waals surface area contributed by atoms with Crippen LogP contribution in [0.5, 0.6) is 0 Å². The fourth-order valence-corrected chi connectivity index (χ4v) is 2.59. The van der Waals surface area contributed by atoms with E-state index in [0.29, 0.717) is 13.0 Å². The van der Waals surface area contributed by atoms with Crippen LogP contribution in [-0.4, -0.2) is 47.3 Å². The molecule has 0 aliphatic carbocycles. The van der Waals surface area contributed by atoms with E-state index in [4.69, 9.17) is 6.42 Å².